The second-order valence-corrected chi connectivity index (χ2v) is 2.20. The first-order valence-corrected chi connectivity index (χ1v) is 5.93. The highest BCUT2D eigenvalue weighted by Crippen LogP contribution is 2.03. The van der Waals surface area contributed by atoms with Gasteiger partial charge in [0.05, 0.1) is 6.07 Å². The Morgan fingerprint density at radius 3 is 1.88 bits per heavy atom. The van der Waals surface area contributed by atoms with Crippen LogP contribution in [-0.4, -0.2) is 13.8 Å². The Morgan fingerprint density at radius 2 is 1.53 bits per heavy atom. The lowest BCUT2D eigenvalue weighted by molar-refractivity contribution is 0.221. The fourth-order valence-corrected chi connectivity index (χ4v) is 0.712. The first kappa shape index (κ1) is 20.8. The maximum absolute atomic E-state index is 7.32. The summed E-state index contributed by atoms with van der Waals surface area (Å²) < 4.78 is 4.83. The molecule has 0 amide bonds. The third-order valence-corrected chi connectivity index (χ3v) is 1.19. The third-order valence-electron chi connectivity index (χ3n) is 1.19. The van der Waals surface area contributed by atoms with Crippen LogP contribution in [0.25, 0.3) is 0 Å². The molecule has 0 aliphatic rings. The molecule has 1 aromatic carbocycles. The van der Waals surface area contributed by atoms with Crippen molar-refractivity contribution < 1.29 is 4.74 Å². The van der Waals surface area contributed by atoms with Gasteiger partial charge in [0.1, 0.15) is 6.73 Å². The van der Waals surface area contributed by atoms with Gasteiger partial charge in [0.2, 0.25) is 0 Å². The number of anilines is 1. The lowest BCUT2D eigenvalue weighted by atomic mass is 10.3. The van der Waals surface area contributed by atoms with E-state index in [-0.39, 0.29) is 0 Å². The molecule has 0 radical (unpaired) electrons. The van der Waals surface area contributed by atoms with Gasteiger partial charge < -0.3 is 10.1 Å². The van der Waals surface area contributed by atoms with E-state index in [1.807, 2.05) is 58.0 Å². The van der Waals surface area contributed by atoms with Crippen LogP contribution in [0, 0.1) is 11.3 Å². The maximum Gasteiger partial charge on any atom is 0.116 e. The molecule has 0 heterocycles. The van der Waals surface area contributed by atoms with Crippen LogP contribution in [0.5, 0.6) is 0 Å². The average molecular weight is 238 g/mol. The van der Waals surface area contributed by atoms with Crippen LogP contribution in [-0.2, 0) is 4.74 Å². The zero-order valence-electron chi connectivity index (χ0n) is 11.9. The molecule has 0 aliphatic carbocycles. The zero-order valence-corrected chi connectivity index (χ0v) is 11.9. The maximum atomic E-state index is 7.32. The number of para-hydroxylation sites is 1. The summed E-state index contributed by atoms with van der Waals surface area (Å²) in [6.07, 6.45) is 0. The van der Waals surface area contributed by atoms with E-state index in [2.05, 4.69) is 5.32 Å². The van der Waals surface area contributed by atoms with E-state index in [0.717, 1.165) is 5.69 Å². The van der Waals surface area contributed by atoms with Crippen molar-refractivity contribution in [2.24, 2.45) is 0 Å². The minimum atomic E-state index is 0.560. The molecule has 98 valence electrons. The molecular weight excluding hydrogens is 212 g/mol. The monoisotopic (exact) mass is 238 g/mol. The molecule has 0 saturated heterocycles. The van der Waals surface area contributed by atoms with Crippen molar-refractivity contribution in [3.63, 3.8) is 0 Å². The summed E-state index contributed by atoms with van der Waals surface area (Å²) in [5.41, 5.74) is 1.09. The fourth-order valence-electron chi connectivity index (χ4n) is 0.712. The van der Waals surface area contributed by atoms with Gasteiger partial charge in [-0.05, 0) is 12.1 Å². The first-order valence-electron chi connectivity index (χ1n) is 5.93. The van der Waals surface area contributed by atoms with Crippen molar-refractivity contribution in [1.29, 1.82) is 5.26 Å². The van der Waals surface area contributed by atoms with E-state index in [4.69, 9.17) is 10.00 Å². The van der Waals surface area contributed by atoms with Crippen LogP contribution in [0.3, 0.4) is 0 Å². The highest BCUT2D eigenvalue weighted by Gasteiger charge is 1.84. The highest BCUT2D eigenvalue weighted by molar-refractivity contribution is 5.41. The normalized spacial score (nSPS) is 6.65. The largest absolute Gasteiger partial charge is 0.365 e. The number of hydrogen-bond donors (Lipinski definition) is 1. The van der Waals surface area contributed by atoms with Crippen LogP contribution in [0.2, 0.25) is 0 Å². The van der Waals surface area contributed by atoms with Crippen molar-refractivity contribution in [2.45, 2.75) is 34.6 Å². The number of rotatable bonds is 3. The number of methoxy groups -OCH3 is 1. The highest BCUT2D eigenvalue weighted by atomic mass is 16.5. The number of ether oxygens (including phenoxy) is 1. The number of hydrogen-bond acceptors (Lipinski definition) is 3. The van der Waals surface area contributed by atoms with Crippen molar-refractivity contribution >= 4 is 5.69 Å². The molecule has 17 heavy (non-hydrogen) atoms. The van der Waals surface area contributed by atoms with Gasteiger partial charge in [0, 0.05) is 19.7 Å². The van der Waals surface area contributed by atoms with Gasteiger partial charge in [-0.15, -0.1) is 0 Å². The van der Waals surface area contributed by atoms with Gasteiger partial charge in [0.15, 0.2) is 0 Å². The van der Waals surface area contributed by atoms with Crippen molar-refractivity contribution in [1.82, 2.24) is 0 Å². The Hall–Kier alpha value is -1.53. The summed E-state index contributed by atoms with van der Waals surface area (Å²) in [6.45, 7) is 9.99. The molecule has 0 bridgehead atoms. The summed E-state index contributed by atoms with van der Waals surface area (Å²) in [5, 5.41) is 10.4. The van der Waals surface area contributed by atoms with Gasteiger partial charge in [-0.1, -0.05) is 45.9 Å². The predicted octanol–water partition coefficient (Wildman–Crippen LogP) is 4.28. The van der Waals surface area contributed by atoms with Gasteiger partial charge >= 0.3 is 0 Å². The van der Waals surface area contributed by atoms with E-state index >= 15 is 0 Å². The molecular formula is C14H26N2O. The Kier molecular flexibility index (Phi) is 29.3. The van der Waals surface area contributed by atoms with Crippen LogP contribution in [0.15, 0.2) is 30.3 Å². The summed E-state index contributed by atoms with van der Waals surface area (Å²) >= 11 is 0. The number of nitrogens with zero attached hydrogens (tertiary/aromatic N) is 1. The molecule has 1 rings (SSSR count). The number of nitrogens with one attached hydrogen (secondary N) is 1. The Labute approximate surface area is 106 Å². The lowest BCUT2D eigenvalue weighted by Crippen LogP contribution is -2.01. The molecule has 1 N–H and O–H groups in total. The average Bonchev–Trinajstić information content (AvgIpc) is 2.43. The Balaban J connectivity index is -0.000000239. The molecule has 0 aromatic heterocycles. The van der Waals surface area contributed by atoms with E-state index in [1.165, 1.54) is 6.92 Å². The molecule has 0 unspecified atom stereocenters. The molecule has 3 heteroatoms. The van der Waals surface area contributed by atoms with E-state index in [0.29, 0.717) is 6.73 Å². The summed E-state index contributed by atoms with van der Waals surface area (Å²) in [6, 6.07) is 11.7. The van der Waals surface area contributed by atoms with Crippen LogP contribution < -0.4 is 5.32 Å². The molecule has 0 saturated carbocycles. The fraction of sp³-hybridized carbons (Fsp3) is 0.500. The second-order valence-electron chi connectivity index (χ2n) is 2.20. The summed E-state index contributed by atoms with van der Waals surface area (Å²) in [7, 11) is 1.66. The smallest absolute Gasteiger partial charge is 0.116 e. The van der Waals surface area contributed by atoms with Crippen molar-refractivity contribution in [2.75, 3.05) is 19.2 Å². The van der Waals surface area contributed by atoms with Crippen LogP contribution in [0.4, 0.5) is 5.69 Å². The summed E-state index contributed by atoms with van der Waals surface area (Å²) in [4.78, 5) is 0. The number of benzene rings is 1. The molecule has 3 nitrogen and oxygen atoms in total. The minimum Gasteiger partial charge on any atom is -0.365 e. The van der Waals surface area contributed by atoms with E-state index < -0.39 is 0 Å². The second kappa shape index (κ2) is 24.0. The Morgan fingerprint density at radius 1 is 1.12 bits per heavy atom. The topological polar surface area (TPSA) is 45.0 Å². The van der Waals surface area contributed by atoms with E-state index in [1.54, 1.807) is 13.2 Å². The van der Waals surface area contributed by atoms with Crippen molar-refractivity contribution in [3.8, 4) is 6.07 Å². The minimum absolute atomic E-state index is 0.560. The van der Waals surface area contributed by atoms with Gasteiger partial charge in [0.25, 0.3) is 0 Å². The molecule has 0 aliphatic heterocycles. The molecule has 0 atom stereocenters. The van der Waals surface area contributed by atoms with Crippen molar-refractivity contribution in [3.05, 3.63) is 30.3 Å². The Bertz CT molecular complexity index is 242. The zero-order chi connectivity index (χ0) is 13.9. The third kappa shape index (κ3) is 20.5. The predicted molar refractivity (Wildman–Crippen MR) is 75.9 cm³/mol. The van der Waals surface area contributed by atoms with Gasteiger partial charge in [-0.25, -0.2) is 0 Å². The quantitative estimate of drug-likeness (QED) is 0.799. The molecule has 1 aromatic rings. The van der Waals surface area contributed by atoms with Crippen LogP contribution in [0.1, 0.15) is 34.6 Å². The SMILES string of the molecule is CC.CC.CC#N.COCNc1ccccc1. The van der Waals surface area contributed by atoms with Crippen LogP contribution >= 0.6 is 0 Å². The number of nitriles is 1. The summed E-state index contributed by atoms with van der Waals surface area (Å²) in [5.74, 6) is 0. The molecule has 0 fully saturated rings. The van der Waals surface area contributed by atoms with Gasteiger partial charge in [-0.2, -0.15) is 5.26 Å². The lowest BCUT2D eigenvalue weighted by Gasteiger charge is -2.02. The van der Waals surface area contributed by atoms with Gasteiger partial charge in [-0.3, -0.25) is 0 Å². The van der Waals surface area contributed by atoms with E-state index in [9.17, 15) is 0 Å². The first-order chi connectivity index (χ1) is 8.35. The standard InChI is InChI=1S/C8H11NO.C2H3N.2C2H6/c1-10-7-9-8-5-3-2-4-6-8;1-2-3;2*1-2/h2-6,9H,7H2,1H3;1H3;2*1-2H3. The molecule has 0 spiro atoms.